The molecule has 0 N–H and O–H groups in total. The van der Waals surface area contributed by atoms with Crippen molar-refractivity contribution >= 4 is 23.6 Å². The monoisotopic (exact) mass is 359 g/mol. The van der Waals surface area contributed by atoms with E-state index in [1.54, 1.807) is 38.5 Å². The van der Waals surface area contributed by atoms with Crippen LogP contribution in [0.3, 0.4) is 0 Å². The summed E-state index contributed by atoms with van der Waals surface area (Å²) < 4.78 is 10.6. The molecular formula is C20H22ClNO3. The number of Topliss-reactive ketones (excluding diaryl/α,β-unsaturated/α-hetero) is 1. The summed E-state index contributed by atoms with van der Waals surface area (Å²) in [7, 11) is 3.21. The topological polar surface area (TPSA) is 47.9 Å². The van der Waals surface area contributed by atoms with Gasteiger partial charge < -0.3 is 9.47 Å². The Morgan fingerprint density at radius 2 is 1.80 bits per heavy atom. The average Bonchev–Trinajstić information content (AvgIpc) is 2.59. The summed E-state index contributed by atoms with van der Waals surface area (Å²) in [5.41, 5.74) is 1.05. The van der Waals surface area contributed by atoms with Gasteiger partial charge in [-0.3, -0.25) is 9.79 Å². The predicted octanol–water partition coefficient (Wildman–Crippen LogP) is 4.63. The maximum Gasteiger partial charge on any atom is 0.205 e. The zero-order valence-electron chi connectivity index (χ0n) is 14.9. The first-order valence-electron chi connectivity index (χ1n) is 7.91. The van der Waals surface area contributed by atoms with Gasteiger partial charge in [0, 0.05) is 5.56 Å². The molecule has 0 bridgehead atoms. The zero-order chi connectivity index (χ0) is 18.4. The van der Waals surface area contributed by atoms with Gasteiger partial charge in [0.2, 0.25) is 5.78 Å². The van der Waals surface area contributed by atoms with E-state index in [2.05, 4.69) is 4.99 Å². The summed E-state index contributed by atoms with van der Waals surface area (Å²) in [6.45, 7) is 3.94. The van der Waals surface area contributed by atoms with Gasteiger partial charge in [-0.15, -0.1) is 0 Å². The maximum atomic E-state index is 12.3. The molecule has 0 aliphatic carbocycles. The van der Waals surface area contributed by atoms with Gasteiger partial charge >= 0.3 is 0 Å². The van der Waals surface area contributed by atoms with Crippen molar-refractivity contribution in [2.24, 2.45) is 4.99 Å². The Morgan fingerprint density at radius 3 is 2.44 bits per heavy atom. The summed E-state index contributed by atoms with van der Waals surface area (Å²) in [6, 6.07) is 12.7. The Labute approximate surface area is 153 Å². The van der Waals surface area contributed by atoms with Gasteiger partial charge in [-0.25, -0.2) is 0 Å². The van der Waals surface area contributed by atoms with Crippen molar-refractivity contribution in [1.82, 2.24) is 0 Å². The van der Waals surface area contributed by atoms with Gasteiger partial charge in [0.1, 0.15) is 0 Å². The normalized spacial score (nSPS) is 11.6. The first-order valence-corrected chi connectivity index (χ1v) is 8.29. The van der Waals surface area contributed by atoms with Crippen LogP contribution < -0.4 is 9.47 Å². The molecule has 0 heterocycles. The number of hydrogen-bond donors (Lipinski definition) is 0. The van der Waals surface area contributed by atoms with Crippen LogP contribution in [0.5, 0.6) is 11.5 Å². The summed E-state index contributed by atoms with van der Waals surface area (Å²) in [5.74, 6) is 1.15. The number of halogens is 1. The maximum absolute atomic E-state index is 12.3. The van der Waals surface area contributed by atoms with Crippen molar-refractivity contribution in [2.75, 3.05) is 14.2 Å². The number of benzene rings is 2. The SMILES string of the molecule is COc1ccc(CC(C)(C)N=CC(=O)c2ccccc2Cl)cc1OC. The van der Waals surface area contributed by atoms with Crippen LogP contribution >= 0.6 is 11.6 Å². The molecule has 0 atom stereocenters. The van der Waals surface area contributed by atoms with E-state index in [9.17, 15) is 4.79 Å². The molecule has 25 heavy (non-hydrogen) atoms. The molecule has 0 spiro atoms. The molecule has 0 saturated carbocycles. The molecule has 0 aromatic heterocycles. The van der Waals surface area contributed by atoms with E-state index in [-0.39, 0.29) is 5.78 Å². The summed E-state index contributed by atoms with van der Waals surface area (Å²) in [5, 5.41) is 0.427. The quantitative estimate of drug-likeness (QED) is 0.534. The number of methoxy groups -OCH3 is 2. The molecule has 0 fully saturated rings. The number of carbonyl (C=O) groups excluding carboxylic acids is 1. The molecule has 0 radical (unpaired) electrons. The molecule has 4 nitrogen and oxygen atoms in total. The van der Waals surface area contributed by atoms with E-state index in [0.29, 0.717) is 28.5 Å². The molecule has 2 rings (SSSR count). The van der Waals surface area contributed by atoms with Crippen molar-refractivity contribution in [1.29, 1.82) is 0 Å². The highest BCUT2D eigenvalue weighted by atomic mass is 35.5. The molecule has 5 heteroatoms. The molecular weight excluding hydrogens is 338 g/mol. The van der Waals surface area contributed by atoms with Gasteiger partial charge in [-0.1, -0.05) is 29.8 Å². The minimum atomic E-state index is -0.448. The zero-order valence-corrected chi connectivity index (χ0v) is 15.6. The van der Waals surface area contributed by atoms with E-state index in [4.69, 9.17) is 21.1 Å². The second-order valence-corrected chi connectivity index (χ2v) is 6.69. The number of ether oxygens (including phenoxy) is 2. The fourth-order valence-electron chi connectivity index (χ4n) is 2.50. The fourth-order valence-corrected chi connectivity index (χ4v) is 2.73. The minimum Gasteiger partial charge on any atom is -0.493 e. The van der Waals surface area contributed by atoms with Crippen LogP contribution in [-0.4, -0.2) is 31.8 Å². The van der Waals surface area contributed by atoms with Crippen molar-refractivity contribution in [3.8, 4) is 11.5 Å². The third-order valence-electron chi connectivity index (χ3n) is 3.76. The molecule has 0 saturated heterocycles. The Balaban J connectivity index is 2.14. The molecule has 2 aromatic carbocycles. The number of nitrogens with zero attached hydrogens (tertiary/aromatic N) is 1. The second kappa shape index (κ2) is 8.17. The number of aliphatic imine (C=N–C) groups is 1. The molecule has 132 valence electrons. The van der Waals surface area contributed by atoms with Gasteiger partial charge in [0.15, 0.2) is 11.5 Å². The van der Waals surface area contributed by atoms with Gasteiger partial charge in [-0.2, -0.15) is 0 Å². The van der Waals surface area contributed by atoms with Crippen molar-refractivity contribution in [3.05, 3.63) is 58.6 Å². The molecule has 0 amide bonds. The number of ketones is 1. The van der Waals surface area contributed by atoms with Crippen molar-refractivity contribution in [2.45, 2.75) is 25.8 Å². The van der Waals surface area contributed by atoms with E-state index in [1.807, 2.05) is 32.0 Å². The van der Waals surface area contributed by atoms with E-state index >= 15 is 0 Å². The van der Waals surface area contributed by atoms with Crippen molar-refractivity contribution < 1.29 is 14.3 Å². The highest BCUT2D eigenvalue weighted by Crippen LogP contribution is 2.29. The average molecular weight is 360 g/mol. The Kier molecular flexibility index (Phi) is 6.21. The Bertz CT molecular complexity index is 784. The summed E-state index contributed by atoms with van der Waals surface area (Å²) in [6.07, 6.45) is 2.00. The van der Waals surface area contributed by atoms with Crippen LogP contribution in [0, 0.1) is 0 Å². The second-order valence-electron chi connectivity index (χ2n) is 6.28. The van der Waals surface area contributed by atoms with Gasteiger partial charge in [0.25, 0.3) is 0 Å². The standard InChI is InChI=1S/C20H22ClNO3/c1-20(2,12-14-9-10-18(24-3)19(11-14)25-4)22-13-17(23)15-7-5-6-8-16(15)21/h5-11,13H,12H2,1-4H3. The van der Waals surface area contributed by atoms with Crippen LogP contribution in [0.25, 0.3) is 0 Å². The van der Waals surface area contributed by atoms with Crippen LogP contribution in [0.4, 0.5) is 0 Å². The fraction of sp³-hybridized carbons (Fsp3) is 0.300. The third kappa shape index (κ3) is 5.07. The molecule has 0 aliphatic rings. The predicted molar refractivity (Wildman–Crippen MR) is 102 cm³/mol. The molecule has 0 unspecified atom stereocenters. The number of carbonyl (C=O) groups is 1. The Morgan fingerprint density at radius 1 is 1.12 bits per heavy atom. The number of hydrogen-bond acceptors (Lipinski definition) is 4. The lowest BCUT2D eigenvalue weighted by molar-refractivity contribution is 0.107. The number of rotatable bonds is 7. The van der Waals surface area contributed by atoms with Crippen molar-refractivity contribution in [3.63, 3.8) is 0 Å². The van der Waals surface area contributed by atoms with Crippen LogP contribution in [0.2, 0.25) is 5.02 Å². The van der Waals surface area contributed by atoms with E-state index in [0.717, 1.165) is 5.56 Å². The first kappa shape index (κ1) is 19.0. The molecule has 0 aliphatic heterocycles. The van der Waals surface area contributed by atoms with Crippen LogP contribution in [-0.2, 0) is 6.42 Å². The lowest BCUT2D eigenvalue weighted by Gasteiger charge is -2.20. The van der Waals surface area contributed by atoms with Gasteiger partial charge in [0.05, 0.1) is 31.0 Å². The molecule has 2 aromatic rings. The van der Waals surface area contributed by atoms with Crippen LogP contribution in [0.15, 0.2) is 47.5 Å². The van der Waals surface area contributed by atoms with E-state index in [1.165, 1.54) is 6.21 Å². The smallest absolute Gasteiger partial charge is 0.205 e. The van der Waals surface area contributed by atoms with E-state index < -0.39 is 5.54 Å². The highest BCUT2D eigenvalue weighted by Gasteiger charge is 2.18. The highest BCUT2D eigenvalue weighted by molar-refractivity contribution is 6.42. The largest absolute Gasteiger partial charge is 0.493 e. The lowest BCUT2D eigenvalue weighted by Crippen LogP contribution is -2.21. The third-order valence-corrected chi connectivity index (χ3v) is 4.08. The lowest BCUT2D eigenvalue weighted by atomic mass is 9.95. The Hall–Kier alpha value is -2.33. The summed E-state index contributed by atoms with van der Waals surface area (Å²) in [4.78, 5) is 16.7. The minimum absolute atomic E-state index is 0.203. The van der Waals surface area contributed by atoms with Gasteiger partial charge in [-0.05, 0) is 50.1 Å². The summed E-state index contributed by atoms with van der Waals surface area (Å²) >= 11 is 6.05. The van der Waals surface area contributed by atoms with Crippen LogP contribution in [0.1, 0.15) is 29.8 Å². The first-order chi connectivity index (χ1) is 11.9.